The average molecular weight is 369 g/mol. The van der Waals surface area contributed by atoms with Crippen molar-refractivity contribution in [3.63, 3.8) is 0 Å². The highest BCUT2D eigenvalue weighted by Crippen LogP contribution is 2.35. The summed E-state index contributed by atoms with van der Waals surface area (Å²) >= 11 is 11.5. The molecule has 1 fully saturated rings. The molecule has 7 nitrogen and oxygen atoms in total. The number of nitrogens with one attached hydrogen (secondary N) is 1. The number of hydrogen-bond acceptors (Lipinski definition) is 6. The fraction of sp³-hybridized carbons (Fsp3) is 0.400. The van der Waals surface area contributed by atoms with E-state index in [4.69, 9.17) is 38.0 Å². The molecule has 1 N–H and O–H groups in total. The minimum absolute atomic E-state index is 0.0934. The zero-order chi connectivity index (χ0) is 17.1. The normalized spacial score (nSPS) is 17.5. The second-order valence-corrected chi connectivity index (χ2v) is 5.98. The maximum atomic E-state index is 6.21. The molecule has 1 aromatic carbocycles. The maximum Gasteiger partial charge on any atom is 0.216 e. The quantitative estimate of drug-likeness (QED) is 0.647. The molecule has 0 amide bonds. The zero-order valence-corrected chi connectivity index (χ0v) is 14.9. The smallest absolute Gasteiger partial charge is 0.216 e. The third-order valence-electron chi connectivity index (χ3n) is 3.67. The van der Waals surface area contributed by atoms with Gasteiger partial charge in [0.05, 0.1) is 25.5 Å². The van der Waals surface area contributed by atoms with Crippen LogP contribution in [0.5, 0.6) is 11.5 Å². The molecule has 2 heterocycles. The first kappa shape index (κ1) is 16.9. The number of ether oxygens (including phenoxy) is 3. The van der Waals surface area contributed by atoms with Gasteiger partial charge in [0.1, 0.15) is 6.10 Å². The molecule has 24 heavy (non-hydrogen) atoms. The average Bonchev–Trinajstić information content (AvgIpc) is 3.22. The van der Waals surface area contributed by atoms with E-state index < -0.39 is 0 Å². The summed E-state index contributed by atoms with van der Waals surface area (Å²) in [5, 5.41) is 11.8. The second-order valence-electron chi connectivity index (χ2n) is 5.18. The lowest BCUT2D eigenvalue weighted by atomic mass is 10.2. The molecule has 0 saturated carbocycles. The first-order valence-corrected chi connectivity index (χ1v) is 8.17. The van der Waals surface area contributed by atoms with E-state index in [0.717, 1.165) is 25.0 Å². The number of benzene rings is 1. The molecule has 0 bridgehead atoms. The predicted octanol–water partition coefficient (Wildman–Crippen LogP) is 3.34. The Bertz CT molecular complexity index is 812. The van der Waals surface area contributed by atoms with Gasteiger partial charge in [0.2, 0.25) is 4.77 Å². The molecular weight excluding hydrogens is 352 g/mol. The Morgan fingerprint density at radius 2 is 2.29 bits per heavy atom. The molecule has 3 rings (SSSR count). The molecule has 0 radical (unpaired) electrons. The van der Waals surface area contributed by atoms with Crippen molar-refractivity contribution in [2.75, 3.05) is 20.8 Å². The Kier molecular flexibility index (Phi) is 5.17. The second kappa shape index (κ2) is 7.33. The monoisotopic (exact) mass is 368 g/mol. The van der Waals surface area contributed by atoms with Gasteiger partial charge in [-0.1, -0.05) is 11.6 Å². The number of halogens is 1. The standard InChI is InChI=1S/C15H17ClN4O3S/c1-21-12-7-9(6-10(16)13(12)22-2)8-17-20-14(18-19-15(20)24)11-4-3-5-23-11/h6-8,11H,3-5H2,1-2H3,(H,19,24)/b17-8-/t11-/m1/s1. The molecule has 1 saturated heterocycles. The largest absolute Gasteiger partial charge is 0.493 e. The molecule has 128 valence electrons. The van der Waals surface area contributed by atoms with E-state index in [1.165, 1.54) is 7.11 Å². The molecule has 9 heteroatoms. The molecular formula is C15H17ClN4O3S. The maximum absolute atomic E-state index is 6.21. The van der Waals surface area contributed by atoms with Crippen molar-refractivity contribution in [1.82, 2.24) is 14.9 Å². The molecule has 1 aromatic heterocycles. The van der Waals surface area contributed by atoms with Gasteiger partial charge in [-0.15, -0.1) is 0 Å². The lowest BCUT2D eigenvalue weighted by Crippen LogP contribution is -2.05. The van der Waals surface area contributed by atoms with Gasteiger partial charge in [-0.3, -0.25) is 5.10 Å². The molecule has 0 aliphatic carbocycles. The summed E-state index contributed by atoms with van der Waals surface area (Å²) in [5.41, 5.74) is 0.749. The van der Waals surface area contributed by atoms with Crippen LogP contribution in [0.3, 0.4) is 0 Å². The summed E-state index contributed by atoms with van der Waals surface area (Å²) in [7, 11) is 3.09. The van der Waals surface area contributed by atoms with Crippen LogP contribution in [0.1, 0.15) is 30.3 Å². The van der Waals surface area contributed by atoms with Crippen molar-refractivity contribution in [1.29, 1.82) is 0 Å². The Morgan fingerprint density at radius 1 is 1.46 bits per heavy atom. The van der Waals surface area contributed by atoms with Crippen LogP contribution in [0.4, 0.5) is 0 Å². The topological polar surface area (TPSA) is 73.7 Å². The molecule has 0 unspecified atom stereocenters. The Balaban J connectivity index is 1.93. The SMILES string of the molecule is COc1cc(/C=N\n2c([C@H]3CCCO3)n[nH]c2=S)cc(Cl)c1OC. The molecule has 0 spiro atoms. The first-order valence-electron chi connectivity index (χ1n) is 7.39. The summed E-state index contributed by atoms with van der Waals surface area (Å²) in [6.45, 7) is 0.722. The van der Waals surface area contributed by atoms with Gasteiger partial charge in [-0.2, -0.15) is 14.9 Å². The van der Waals surface area contributed by atoms with Crippen molar-refractivity contribution in [3.05, 3.63) is 33.3 Å². The summed E-state index contributed by atoms with van der Waals surface area (Å²) in [5.74, 6) is 1.68. The van der Waals surface area contributed by atoms with Gasteiger partial charge >= 0.3 is 0 Å². The number of aromatic amines is 1. The van der Waals surface area contributed by atoms with E-state index >= 15 is 0 Å². The van der Waals surface area contributed by atoms with E-state index in [1.54, 1.807) is 30.1 Å². The van der Waals surface area contributed by atoms with Gasteiger partial charge in [-0.25, -0.2) is 0 Å². The van der Waals surface area contributed by atoms with Gasteiger partial charge in [0.25, 0.3) is 0 Å². The van der Waals surface area contributed by atoms with E-state index in [1.807, 2.05) is 0 Å². The molecule has 1 atom stereocenters. The van der Waals surface area contributed by atoms with Crippen LogP contribution in [0.2, 0.25) is 5.02 Å². The van der Waals surface area contributed by atoms with Crippen molar-refractivity contribution in [2.24, 2.45) is 5.10 Å². The lowest BCUT2D eigenvalue weighted by Gasteiger charge is -2.10. The van der Waals surface area contributed by atoms with E-state index in [0.29, 0.717) is 27.1 Å². The zero-order valence-electron chi connectivity index (χ0n) is 13.3. The van der Waals surface area contributed by atoms with Crippen LogP contribution < -0.4 is 9.47 Å². The van der Waals surface area contributed by atoms with Crippen molar-refractivity contribution < 1.29 is 14.2 Å². The van der Waals surface area contributed by atoms with Crippen molar-refractivity contribution >= 4 is 30.0 Å². The third-order valence-corrected chi connectivity index (χ3v) is 4.22. The van der Waals surface area contributed by atoms with Crippen molar-refractivity contribution in [3.8, 4) is 11.5 Å². The Hall–Kier alpha value is -1.90. The van der Waals surface area contributed by atoms with Crippen LogP contribution >= 0.6 is 23.8 Å². The number of nitrogens with zero attached hydrogens (tertiary/aromatic N) is 3. The molecule has 2 aromatic rings. The minimum Gasteiger partial charge on any atom is -0.493 e. The first-order chi connectivity index (χ1) is 11.6. The van der Waals surface area contributed by atoms with Crippen molar-refractivity contribution in [2.45, 2.75) is 18.9 Å². The van der Waals surface area contributed by atoms with Crippen LogP contribution in [-0.2, 0) is 4.74 Å². The highest BCUT2D eigenvalue weighted by molar-refractivity contribution is 7.71. The van der Waals surface area contributed by atoms with E-state index in [-0.39, 0.29) is 6.10 Å². The summed E-state index contributed by atoms with van der Waals surface area (Å²) in [6, 6.07) is 3.52. The Labute approximate surface area is 149 Å². The van der Waals surface area contributed by atoms with Crippen LogP contribution in [0, 0.1) is 4.77 Å². The Morgan fingerprint density at radius 3 is 2.96 bits per heavy atom. The predicted molar refractivity (Wildman–Crippen MR) is 92.9 cm³/mol. The number of H-pyrrole nitrogens is 1. The highest BCUT2D eigenvalue weighted by Gasteiger charge is 2.23. The number of aromatic nitrogens is 3. The fourth-order valence-corrected chi connectivity index (χ4v) is 3.02. The highest BCUT2D eigenvalue weighted by atomic mass is 35.5. The van der Waals surface area contributed by atoms with E-state index in [9.17, 15) is 0 Å². The van der Waals surface area contributed by atoms with Crippen LogP contribution in [0.25, 0.3) is 0 Å². The molecule has 1 aliphatic rings. The van der Waals surface area contributed by atoms with Crippen LogP contribution in [0.15, 0.2) is 17.2 Å². The summed E-state index contributed by atoms with van der Waals surface area (Å²) in [6.07, 6.45) is 3.44. The third kappa shape index (κ3) is 3.31. The summed E-state index contributed by atoms with van der Waals surface area (Å²) < 4.78 is 18.1. The minimum atomic E-state index is -0.0934. The van der Waals surface area contributed by atoms with E-state index in [2.05, 4.69) is 15.3 Å². The van der Waals surface area contributed by atoms with Crippen LogP contribution in [-0.4, -0.2) is 41.9 Å². The number of methoxy groups -OCH3 is 2. The van der Waals surface area contributed by atoms with Gasteiger partial charge in [-0.05, 0) is 42.8 Å². The fourth-order valence-electron chi connectivity index (χ4n) is 2.54. The molecule has 1 aliphatic heterocycles. The number of hydrogen-bond donors (Lipinski definition) is 1. The summed E-state index contributed by atoms with van der Waals surface area (Å²) in [4.78, 5) is 0. The van der Waals surface area contributed by atoms with Gasteiger partial charge in [0, 0.05) is 6.61 Å². The lowest BCUT2D eigenvalue weighted by molar-refractivity contribution is 0.102. The van der Waals surface area contributed by atoms with Gasteiger partial charge in [0.15, 0.2) is 17.3 Å². The van der Waals surface area contributed by atoms with Gasteiger partial charge < -0.3 is 14.2 Å². The number of rotatable bonds is 5.